The van der Waals surface area contributed by atoms with E-state index < -0.39 is 0 Å². The Hall–Kier alpha value is -0.380. The van der Waals surface area contributed by atoms with Crippen LogP contribution in [0, 0.1) is 6.92 Å². The van der Waals surface area contributed by atoms with E-state index in [-0.39, 0.29) is 0 Å². The normalized spacial score (nSPS) is 13.3. The molecule has 1 unspecified atom stereocenters. The highest BCUT2D eigenvalue weighted by Crippen LogP contribution is 2.22. The molecule has 1 heterocycles. The predicted molar refractivity (Wildman–Crippen MR) is 73.3 cm³/mol. The average molecular weight is 240 g/mol. The fourth-order valence-corrected chi connectivity index (χ4v) is 2.50. The van der Waals surface area contributed by atoms with E-state index >= 15 is 0 Å². The maximum Gasteiger partial charge on any atom is 0.0340 e. The number of hydrogen-bond donors (Lipinski definition) is 1. The second-order valence-electron chi connectivity index (χ2n) is 4.59. The summed E-state index contributed by atoms with van der Waals surface area (Å²) < 4.78 is 0. The summed E-state index contributed by atoms with van der Waals surface area (Å²) in [4.78, 5) is 3.66. The minimum Gasteiger partial charge on any atom is -0.310 e. The van der Waals surface area contributed by atoms with Gasteiger partial charge in [-0.2, -0.15) is 0 Å². The molecule has 0 radical (unpaired) electrons. The predicted octanol–water partition coefficient (Wildman–Crippen LogP) is 3.05. The first-order valence-electron chi connectivity index (χ1n) is 6.06. The number of aryl methyl sites for hydroxylation is 1. The van der Waals surface area contributed by atoms with Gasteiger partial charge < -0.3 is 10.2 Å². The SMILES string of the molecule is CCCNC(CCN(C)C)c1csc(C)c1. The first kappa shape index (κ1) is 13.7. The molecule has 1 N–H and O–H groups in total. The van der Waals surface area contributed by atoms with Gasteiger partial charge in [0.2, 0.25) is 0 Å². The molecule has 0 amide bonds. The molecular weight excluding hydrogens is 216 g/mol. The van der Waals surface area contributed by atoms with Crippen LogP contribution in [0.4, 0.5) is 0 Å². The van der Waals surface area contributed by atoms with E-state index in [1.54, 1.807) is 0 Å². The Labute approximate surface area is 104 Å². The molecule has 0 aliphatic carbocycles. The third-order valence-electron chi connectivity index (χ3n) is 2.66. The summed E-state index contributed by atoms with van der Waals surface area (Å²) in [6.45, 7) is 6.63. The van der Waals surface area contributed by atoms with E-state index in [4.69, 9.17) is 0 Å². The van der Waals surface area contributed by atoms with E-state index in [0.717, 1.165) is 13.1 Å². The lowest BCUT2D eigenvalue weighted by Gasteiger charge is -2.19. The van der Waals surface area contributed by atoms with Gasteiger partial charge in [0, 0.05) is 10.9 Å². The van der Waals surface area contributed by atoms with Crippen molar-refractivity contribution in [2.45, 2.75) is 32.7 Å². The van der Waals surface area contributed by atoms with Crippen molar-refractivity contribution >= 4 is 11.3 Å². The van der Waals surface area contributed by atoms with Crippen LogP contribution in [0.15, 0.2) is 11.4 Å². The van der Waals surface area contributed by atoms with Gasteiger partial charge in [-0.3, -0.25) is 0 Å². The van der Waals surface area contributed by atoms with Crippen LogP contribution in [0.25, 0.3) is 0 Å². The van der Waals surface area contributed by atoms with Crippen LogP contribution in [0.1, 0.15) is 36.2 Å². The van der Waals surface area contributed by atoms with Crippen LogP contribution in [-0.4, -0.2) is 32.1 Å². The van der Waals surface area contributed by atoms with Crippen molar-refractivity contribution in [2.75, 3.05) is 27.2 Å². The zero-order valence-electron chi connectivity index (χ0n) is 10.9. The first-order chi connectivity index (χ1) is 7.63. The molecule has 0 saturated carbocycles. The topological polar surface area (TPSA) is 15.3 Å². The summed E-state index contributed by atoms with van der Waals surface area (Å²) in [6.07, 6.45) is 2.38. The Balaban J connectivity index is 2.55. The maximum absolute atomic E-state index is 3.63. The van der Waals surface area contributed by atoms with Gasteiger partial charge in [-0.1, -0.05) is 6.92 Å². The van der Waals surface area contributed by atoms with E-state index in [2.05, 4.69) is 49.6 Å². The van der Waals surface area contributed by atoms with Gasteiger partial charge in [0.05, 0.1) is 0 Å². The molecule has 0 fully saturated rings. The standard InChI is InChI=1S/C13H24N2S/c1-5-7-14-13(6-8-15(3)4)12-9-11(2)16-10-12/h9-10,13-14H,5-8H2,1-4H3. The minimum atomic E-state index is 0.521. The van der Waals surface area contributed by atoms with E-state index in [9.17, 15) is 0 Å². The van der Waals surface area contributed by atoms with Crippen molar-refractivity contribution in [3.8, 4) is 0 Å². The van der Waals surface area contributed by atoms with Gasteiger partial charge >= 0.3 is 0 Å². The molecule has 2 nitrogen and oxygen atoms in total. The highest BCUT2D eigenvalue weighted by Gasteiger charge is 2.11. The number of nitrogens with zero attached hydrogens (tertiary/aromatic N) is 1. The fourth-order valence-electron chi connectivity index (χ4n) is 1.74. The van der Waals surface area contributed by atoms with Gasteiger partial charge in [-0.15, -0.1) is 11.3 Å². The number of rotatable bonds is 7. The molecular formula is C13H24N2S. The zero-order valence-corrected chi connectivity index (χ0v) is 11.7. The van der Waals surface area contributed by atoms with Gasteiger partial charge in [-0.25, -0.2) is 0 Å². The first-order valence-corrected chi connectivity index (χ1v) is 6.94. The molecule has 0 spiro atoms. The smallest absolute Gasteiger partial charge is 0.0340 e. The van der Waals surface area contributed by atoms with Gasteiger partial charge in [0.25, 0.3) is 0 Å². The van der Waals surface area contributed by atoms with E-state index in [1.807, 2.05) is 11.3 Å². The molecule has 92 valence electrons. The summed E-state index contributed by atoms with van der Waals surface area (Å²) >= 11 is 1.85. The maximum atomic E-state index is 3.63. The van der Waals surface area contributed by atoms with Crippen LogP contribution < -0.4 is 5.32 Å². The Bertz CT molecular complexity index is 294. The van der Waals surface area contributed by atoms with Crippen molar-refractivity contribution < 1.29 is 0 Å². The molecule has 0 aliphatic rings. The third-order valence-corrected chi connectivity index (χ3v) is 3.54. The lowest BCUT2D eigenvalue weighted by molar-refractivity contribution is 0.361. The van der Waals surface area contributed by atoms with Crippen molar-refractivity contribution in [1.29, 1.82) is 0 Å². The minimum absolute atomic E-state index is 0.521. The summed E-state index contributed by atoms with van der Waals surface area (Å²) in [5, 5.41) is 5.92. The highest BCUT2D eigenvalue weighted by molar-refractivity contribution is 7.10. The quantitative estimate of drug-likeness (QED) is 0.788. The average Bonchev–Trinajstić information content (AvgIpc) is 2.64. The number of nitrogens with one attached hydrogen (secondary N) is 1. The van der Waals surface area contributed by atoms with Crippen molar-refractivity contribution in [3.05, 3.63) is 21.9 Å². The summed E-state index contributed by atoms with van der Waals surface area (Å²) in [5.74, 6) is 0. The fraction of sp³-hybridized carbons (Fsp3) is 0.692. The Morgan fingerprint density at radius 1 is 1.44 bits per heavy atom. The van der Waals surface area contributed by atoms with Crippen LogP contribution >= 0.6 is 11.3 Å². The van der Waals surface area contributed by atoms with Crippen molar-refractivity contribution in [2.24, 2.45) is 0 Å². The van der Waals surface area contributed by atoms with Crippen LogP contribution in [0.3, 0.4) is 0 Å². The molecule has 0 aliphatic heterocycles. The molecule has 1 aromatic rings. The molecule has 1 atom stereocenters. The molecule has 1 rings (SSSR count). The van der Waals surface area contributed by atoms with E-state index in [1.165, 1.54) is 23.3 Å². The number of hydrogen-bond acceptors (Lipinski definition) is 3. The lowest BCUT2D eigenvalue weighted by Crippen LogP contribution is -2.26. The molecule has 3 heteroatoms. The zero-order chi connectivity index (χ0) is 12.0. The Morgan fingerprint density at radius 3 is 2.69 bits per heavy atom. The second-order valence-corrected chi connectivity index (χ2v) is 5.70. The second kappa shape index (κ2) is 7.05. The van der Waals surface area contributed by atoms with E-state index in [0.29, 0.717) is 6.04 Å². The van der Waals surface area contributed by atoms with Gasteiger partial charge in [0.1, 0.15) is 0 Å². The summed E-state index contributed by atoms with van der Waals surface area (Å²) in [7, 11) is 4.27. The molecule has 1 aromatic heterocycles. The van der Waals surface area contributed by atoms with Crippen LogP contribution in [-0.2, 0) is 0 Å². The van der Waals surface area contributed by atoms with Crippen LogP contribution in [0.5, 0.6) is 0 Å². The molecule has 16 heavy (non-hydrogen) atoms. The Kier molecular flexibility index (Phi) is 6.03. The van der Waals surface area contributed by atoms with Gasteiger partial charge in [0.15, 0.2) is 0 Å². The summed E-state index contributed by atoms with van der Waals surface area (Å²) in [6, 6.07) is 2.83. The Morgan fingerprint density at radius 2 is 2.19 bits per heavy atom. The van der Waals surface area contributed by atoms with Crippen LogP contribution in [0.2, 0.25) is 0 Å². The van der Waals surface area contributed by atoms with Gasteiger partial charge in [-0.05, 0) is 64.0 Å². The lowest BCUT2D eigenvalue weighted by atomic mass is 10.1. The van der Waals surface area contributed by atoms with Crippen molar-refractivity contribution in [1.82, 2.24) is 10.2 Å². The monoisotopic (exact) mass is 240 g/mol. The largest absolute Gasteiger partial charge is 0.310 e. The third kappa shape index (κ3) is 4.64. The highest BCUT2D eigenvalue weighted by atomic mass is 32.1. The molecule has 0 bridgehead atoms. The summed E-state index contributed by atoms with van der Waals surface area (Å²) in [5.41, 5.74) is 1.46. The van der Waals surface area contributed by atoms with Crippen molar-refractivity contribution in [3.63, 3.8) is 0 Å². The number of thiophene rings is 1. The molecule has 0 saturated heterocycles. The molecule has 0 aromatic carbocycles.